The van der Waals surface area contributed by atoms with Crippen LogP contribution in [0.15, 0.2) is 151 Å². The summed E-state index contributed by atoms with van der Waals surface area (Å²) < 4.78 is 12.6. The second kappa shape index (κ2) is 15.5. The normalized spacial score (nSPS) is 10.8. The van der Waals surface area contributed by atoms with E-state index < -0.39 is 0 Å². The first-order valence-corrected chi connectivity index (χ1v) is 15.9. The third-order valence-corrected chi connectivity index (χ3v) is 8.00. The highest BCUT2D eigenvalue weighted by atomic mass is 16.5. The zero-order valence-corrected chi connectivity index (χ0v) is 26.7. The Morgan fingerprint density at radius 3 is 1.81 bits per heavy atom. The SMILES string of the molecule is NC(N)=NCc1ccc(CN(Cc2ccc(OCc3ccccc3)c(OCc3ccccc3)c2)C(=O)c2cccc3ccccc23)cc1. The number of guanidine groups is 1. The maximum Gasteiger partial charge on any atom is 0.255 e. The van der Waals surface area contributed by atoms with E-state index in [9.17, 15) is 4.79 Å². The standard InChI is InChI=1S/C41H38N4O3/c42-41(43)44-25-30-18-20-31(21-19-30)26-45(40(46)37-17-9-15-35-14-7-8-16-36(35)37)27-34-22-23-38(47-28-32-10-3-1-4-11-32)39(24-34)48-29-33-12-5-2-6-13-33/h1-24H,25-29H2,(H4,42,43,44). The Morgan fingerprint density at radius 1 is 0.562 bits per heavy atom. The molecule has 0 heterocycles. The Kier molecular flexibility index (Phi) is 10.3. The minimum Gasteiger partial charge on any atom is -0.485 e. The number of hydrogen-bond acceptors (Lipinski definition) is 4. The molecule has 0 aliphatic carbocycles. The van der Waals surface area contributed by atoms with Crippen LogP contribution in [0.3, 0.4) is 0 Å². The van der Waals surface area contributed by atoms with Gasteiger partial charge in [-0.2, -0.15) is 0 Å². The molecule has 0 fully saturated rings. The molecule has 0 saturated heterocycles. The van der Waals surface area contributed by atoms with Gasteiger partial charge in [-0.25, -0.2) is 4.99 Å². The summed E-state index contributed by atoms with van der Waals surface area (Å²) >= 11 is 0. The lowest BCUT2D eigenvalue weighted by atomic mass is 10.0. The molecule has 0 spiro atoms. The maximum absolute atomic E-state index is 14.4. The zero-order valence-electron chi connectivity index (χ0n) is 26.7. The van der Waals surface area contributed by atoms with Gasteiger partial charge in [0.25, 0.3) is 5.91 Å². The highest BCUT2D eigenvalue weighted by Gasteiger charge is 2.20. The van der Waals surface area contributed by atoms with Gasteiger partial charge in [0, 0.05) is 18.7 Å². The largest absolute Gasteiger partial charge is 0.485 e. The average Bonchev–Trinajstić information content (AvgIpc) is 3.13. The van der Waals surface area contributed by atoms with Crippen LogP contribution in [-0.2, 0) is 32.8 Å². The van der Waals surface area contributed by atoms with Crippen molar-refractivity contribution in [2.75, 3.05) is 0 Å². The lowest BCUT2D eigenvalue weighted by Crippen LogP contribution is -2.30. The summed E-state index contributed by atoms with van der Waals surface area (Å²) in [5.41, 5.74) is 16.7. The van der Waals surface area contributed by atoms with Gasteiger partial charge in [0.2, 0.25) is 0 Å². The first-order chi connectivity index (χ1) is 23.5. The van der Waals surface area contributed by atoms with Gasteiger partial charge in [-0.1, -0.05) is 127 Å². The van der Waals surface area contributed by atoms with E-state index in [1.165, 1.54) is 0 Å². The highest BCUT2D eigenvalue weighted by Crippen LogP contribution is 2.31. The van der Waals surface area contributed by atoms with Crippen molar-refractivity contribution in [2.24, 2.45) is 16.5 Å². The van der Waals surface area contributed by atoms with E-state index in [0.717, 1.165) is 38.6 Å². The van der Waals surface area contributed by atoms with Crippen LogP contribution >= 0.6 is 0 Å². The van der Waals surface area contributed by atoms with Crippen molar-refractivity contribution in [1.29, 1.82) is 0 Å². The number of hydrogen-bond donors (Lipinski definition) is 2. The van der Waals surface area contributed by atoms with E-state index in [1.54, 1.807) is 0 Å². The van der Waals surface area contributed by atoms with E-state index >= 15 is 0 Å². The number of rotatable bonds is 13. The molecule has 0 unspecified atom stereocenters. The number of ether oxygens (including phenoxy) is 2. The molecule has 1 amide bonds. The molecular formula is C41H38N4O3. The molecule has 7 heteroatoms. The fraction of sp³-hybridized carbons (Fsp3) is 0.122. The first kappa shape index (κ1) is 31.9. The number of aliphatic imine (C=N–C) groups is 1. The van der Waals surface area contributed by atoms with Crippen molar-refractivity contribution in [3.8, 4) is 11.5 Å². The van der Waals surface area contributed by atoms with Gasteiger partial charge in [-0.05, 0) is 56.8 Å². The van der Waals surface area contributed by atoms with Gasteiger partial charge in [0.1, 0.15) is 13.2 Å². The van der Waals surface area contributed by atoms with Crippen molar-refractivity contribution in [2.45, 2.75) is 32.8 Å². The summed E-state index contributed by atoms with van der Waals surface area (Å²) in [6.07, 6.45) is 0. The number of amides is 1. The number of nitrogens with zero attached hydrogens (tertiary/aromatic N) is 2. The molecule has 7 nitrogen and oxygen atoms in total. The van der Waals surface area contributed by atoms with Crippen LogP contribution in [0, 0.1) is 0 Å². The average molecular weight is 635 g/mol. The van der Waals surface area contributed by atoms with Crippen molar-refractivity contribution < 1.29 is 14.3 Å². The molecule has 6 aromatic rings. The molecule has 0 radical (unpaired) electrons. The molecule has 4 N–H and O–H groups in total. The predicted octanol–water partition coefficient (Wildman–Crippen LogP) is 7.61. The smallest absolute Gasteiger partial charge is 0.255 e. The van der Waals surface area contributed by atoms with Crippen LogP contribution in [0.5, 0.6) is 11.5 Å². The second-order valence-electron chi connectivity index (χ2n) is 11.6. The molecule has 0 bridgehead atoms. The third kappa shape index (κ3) is 8.39. The molecule has 6 rings (SSSR count). The first-order valence-electron chi connectivity index (χ1n) is 15.9. The lowest BCUT2D eigenvalue weighted by molar-refractivity contribution is 0.0732. The number of nitrogens with two attached hydrogens (primary N) is 2. The molecule has 6 aromatic carbocycles. The maximum atomic E-state index is 14.4. The summed E-state index contributed by atoms with van der Waals surface area (Å²) in [5, 5.41) is 1.93. The Morgan fingerprint density at radius 2 is 1.12 bits per heavy atom. The minimum absolute atomic E-state index is 0.0505. The third-order valence-electron chi connectivity index (χ3n) is 8.00. The molecule has 48 heavy (non-hydrogen) atoms. The molecule has 0 aliphatic heterocycles. The van der Waals surface area contributed by atoms with Gasteiger partial charge in [0.15, 0.2) is 17.5 Å². The Labute approximate surface area is 281 Å². The zero-order chi connectivity index (χ0) is 33.1. The van der Waals surface area contributed by atoms with Crippen molar-refractivity contribution in [3.63, 3.8) is 0 Å². The van der Waals surface area contributed by atoms with Crippen molar-refractivity contribution >= 4 is 22.6 Å². The van der Waals surface area contributed by atoms with Crippen LogP contribution in [0.1, 0.15) is 38.2 Å². The van der Waals surface area contributed by atoms with E-state index in [2.05, 4.69) is 4.99 Å². The highest BCUT2D eigenvalue weighted by molar-refractivity contribution is 6.07. The molecule has 240 valence electrons. The Hall–Kier alpha value is -6.08. The molecular weight excluding hydrogens is 596 g/mol. The van der Waals surface area contributed by atoms with Gasteiger partial charge in [0.05, 0.1) is 6.54 Å². The van der Waals surface area contributed by atoms with Gasteiger partial charge >= 0.3 is 0 Å². The van der Waals surface area contributed by atoms with Gasteiger partial charge < -0.3 is 25.8 Å². The molecule has 0 saturated carbocycles. The van der Waals surface area contributed by atoms with E-state index in [1.807, 2.05) is 150 Å². The van der Waals surface area contributed by atoms with Gasteiger partial charge in [-0.15, -0.1) is 0 Å². The quantitative estimate of drug-likeness (QED) is 0.101. The van der Waals surface area contributed by atoms with Crippen LogP contribution in [0.4, 0.5) is 0 Å². The fourth-order valence-corrected chi connectivity index (χ4v) is 5.51. The van der Waals surface area contributed by atoms with E-state index in [-0.39, 0.29) is 11.9 Å². The van der Waals surface area contributed by atoms with Crippen molar-refractivity contribution in [1.82, 2.24) is 4.90 Å². The lowest BCUT2D eigenvalue weighted by Gasteiger charge is -2.25. The number of benzene rings is 6. The summed E-state index contributed by atoms with van der Waals surface area (Å²) in [6.45, 7) is 1.95. The monoisotopic (exact) mass is 634 g/mol. The summed E-state index contributed by atoms with van der Waals surface area (Å²) in [4.78, 5) is 20.3. The Bertz CT molecular complexity index is 1990. The summed E-state index contributed by atoms with van der Waals surface area (Å²) in [5.74, 6) is 1.25. The number of carbonyl (C=O) groups is 1. The van der Waals surface area contributed by atoms with Crippen LogP contribution in [-0.4, -0.2) is 16.8 Å². The number of carbonyl (C=O) groups excluding carboxylic acids is 1. The number of fused-ring (bicyclic) bond motifs is 1. The minimum atomic E-state index is -0.0625. The summed E-state index contributed by atoms with van der Waals surface area (Å²) in [7, 11) is 0. The molecule has 0 aliphatic rings. The van der Waals surface area contributed by atoms with E-state index in [4.69, 9.17) is 20.9 Å². The molecule has 0 atom stereocenters. The van der Waals surface area contributed by atoms with Crippen LogP contribution in [0.2, 0.25) is 0 Å². The van der Waals surface area contributed by atoms with E-state index in [0.29, 0.717) is 49.9 Å². The molecule has 0 aromatic heterocycles. The van der Waals surface area contributed by atoms with Crippen LogP contribution in [0.25, 0.3) is 10.8 Å². The van der Waals surface area contributed by atoms with Gasteiger partial charge in [-0.3, -0.25) is 4.79 Å². The second-order valence-corrected chi connectivity index (χ2v) is 11.6. The summed E-state index contributed by atoms with van der Waals surface area (Å²) in [6, 6.07) is 47.8. The topological polar surface area (TPSA) is 103 Å². The van der Waals surface area contributed by atoms with Crippen molar-refractivity contribution in [3.05, 3.63) is 179 Å². The predicted molar refractivity (Wildman–Crippen MR) is 191 cm³/mol. The Balaban J connectivity index is 1.30. The van der Waals surface area contributed by atoms with Crippen LogP contribution < -0.4 is 20.9 Å². The fourth-order valence-electron chi connectivity index (χ4n) is 5.51.